The van der Waals surface area contributed by atoms with E-state index in [1.165, 1.54) is 14.2 Å². The molecule has 1 aromatic heterocycles. The van der Waals surface area contributed by atoms with Crippen molar-refractivity contribution in [3.05, 3.63) is 108 Å². The average molecular weight is 484 g/mol. The van der Waals surface area contributed by atoms with E-state index in [1.807, 2.05) is 41.2 Å². The number of nitrogens with zero attached hydrogens (tertiary/aromatic N) is 2. The van der Waals surface area contributed by atoms with Gasteiger partial charge in [0.2, 0.25) is 0 Å². The maximum absolute atomic E-state index is 12.9. The molecule has 1 amide bonds. The van der Waals surface area contributed by atoms with Gasteiger partial charge >= 0.3 is 5.97 Å². The summed E-state index contributed by atoms with van der Waals surface area (Å²) < 4.78 is 18.0. The van der Waals surface area contributed by atoms with Crippen molar-refractivity contribution in [3.63, 3.8) is 0 Å². The summed E-state index contributed by atoms with van der Waals surface area (Å²) in [4.78, 5) is 25.4. The van der Waals surface area contributed by atoms with Crippen LogP contribution in [0.15, 0.2) is 96.4 Å². The molecule has 0 atom stereocenters. The van der Waals surface area contributed by atoms with Gasteiger partial charge in [-0.3, -0.25) is 4.79 Å². The normalized spacial score (nSPS) is 11.0. The number of nitrogens with one attached hydrogen (secondary N) is 1. The predicted octanol–water partition coefficient (Wildman–Crippen LogP) is 4.87. The monoisotopic (exact) mass is 483 g/mol. The molecule has 4 aromatic rings. The Morgan fingerprint density at radius 1 is 0.806 bits per heavy atom. The number of para-hydroxylation sites is 1. The molecule has 3 aromatic carbocycles. The van der Waals surface area contributed by atoms with E-state index in [0.717, 1.165) is 5.69 Å². The molecule has 0 radical (unpaired) electrons. The minimum absolute atomic E-state index is 0.256. The summed E-state index contributed by atoms with van der Waals surface area (Å²) in [7, 11) is 3.01. The van der Waals surface area contributed by atoms with Crippen molar-refractivity contribution in [2.24, 2.45) is 5.10 Å². The van der Waals surface area contributed by atoms with Crippen molar-refractivity contribution in [1.82, 2.24) is 9.99 Å². The molecule has 0 spiro atoms. The average Bonchev–Trinajstić information content (AvgIpc) is 3.46. The molecule has 8 heteroatoms. The van der Waals surface area contributed by atoms with E-state index in [-0.39, 0.29) is 11.7 Å². The van der Waals surface area contributed by atoms with Gasteiger partial charge in [-0.25, -0.2) is 10.2 Å². The lowest BCUT2D eigenvalue weighted by atomic mass is 10.1. The highest BCUT2D eigenvalue weighted by molar-refractivity contribution is 6.02. The minimum atomic E-state index is -0.543. The molecular weight excluding hydrogens is 458 g/mol. The van der Waals surface area contributed by atoms with Crippen LogP contribution in [-0.2, 0) is 0 Å². The van der Waals surface area contributed by atoms with E-state index in [2.05, 4.69) is 10.5 Å². The number of rotatable bonds is 8. The Bertz CT molecular complexity index is 1410. The Kier molecular flexibility index (Phi) is 7.45. The van der Waals surface area contributed by atoms with Crippen LogP contribution in [0.4, 0.5) is 0 Å². The number of benzene rings is 3. The largest absolute Gasteiger partial charge is 0.497 e. The molecule has 0 bridgehead atoms. The highest BCUT2D eigenvalue weighted by Gasteiger charge is 2.15. The number of hydrazone groups is 1. The molecule has 0 saturated carbocycles. The second-order valence-electron chi connectivity index (χ2n) is 7.73. The summed E-state index contributed by atoms with van der Waals surface area (Å²) in [6, 6.07) is 22.8. The predicted molar refractivity (Wildman–Crippen MR) is 136 cm³/mol. The zero-order valence-electron chi connectivity index (χ0n) is 20.1. The van der Waals surface area contributed by atoms with Crippen LogP contribution < -0.4 is 19.6 Å². The number of methoxy groups -OCH3 is 2. The molecule has 4 rings (SSSR count). The van der Waals surface area contributed by atoms with E-state index in [0.29, 0.717) is 33.9 Å². The fourth-order valence-electron chi connectivity index (χ4n) is 3.53. The van der Waals surface area contributed by atoms with Crippen LogP contribution >= 0.6 is 0 Å². The highest BCUT2D eigenvalue weighted by Crippen LogP contribution is 2.29. The van der Waals surface area contributed by atoms with Gasteiger partial charge in [0, 0.05) is 18.0 Å². The first kappa shape index (κ1) is 24.3. The number of ether oxygens (including phenoxy) is 3. The molecule has 0 fully saturated rings. The number of aromatic nitrogens is 1. The Balaban J connectivity index is 1.49. The van der Waals surface area contributed by atoms with Gasteiger partial charge in [0.1, 0.15) is 5.75 Å². The summed E-state index contributed by atoms with van der Waals surface area (Å²) >= 11 is 0. The molecule has 0 saturated heterocycles. The smallest absolute Gasteiger partial charge is 0.343 e. The molecule has 0 aliphatic carbocycles. The number of hydrogen-bond donors (Lipinski definition) is 1. The van der Waals surface area contributed by atoms with Crippen LogP contribution in [0.3, 0.4) is 0 Å². The quantitative estimate of drug-likeness (QED) is 0.167. The Labute approximate surface area is 208 Å². The number of carbonyl (C=O) groups excluding carboxylic acids is 2. The number of amides is 1. The summed E-state index contributed by atoms with van der Waals surface area (Å²) in [6.07, 6.45) is 3.74. The molecule has 1 heterocycles. The Morgan fingerprint density at radius 2 is 1.58 bits per heavy atom. The summed E-state index contributed by atoms with van der Waals surface area (Å²) in [5, 5.41) is 4.26. The van der Waals surface area contributed by atoms with Crippen molar-refractivity contribution in [1.29, 1.82) is 0 Å². The van der Waals surface area contributed by atoms with Crippen LogP contribution in [0.5, 0.6) is 17.2 Å². The first-order valence-corrected chi connectivity index (χ1v) is 11.1. The third-order valence-electron chi connectivity index (χ3n) is 5.45. The van der Waals surface area contributed by atoms with Crippen LogP contribution in [0, 0.1) is 0 Å². The van der Waals surface area contributed by atoms with Crippen molar-refractivity contribution < 1.29 is 23.8 Å². The molecular formula is C28H25N3O5. The van der Waals surface area contributed by atoms with E-state index < -0.39 is 5.97 Å². The zero-order chi connectivity index (χ0) is 25.5. The van der Waals surface area contributed by atoms with Crippen molar-refractivity contribution >= 4 is 17.6 Å². The lowest BCUT2D eigenvalue weighted by Gasteiger charge is -2.12. The number of hydrogen-bond acceptors (Lipinski definition) is 6. The van der Waals surface area contributed by atoms with Crippen molar-refractivity contribution in [2.45, 2.75) is 6.92 Å². The molecule has 1 N–H and O–H groups in total. The van der Waals surface area contributed by atoms with Crippen LogP contribution in [0.1, 0.15) is 33.2 Å². The van der Waals surface area contributed by atoms with Gasteiger partial charge in [-0.15, -0.1) is 0 Å². The van der Waals surface area contributed by atoms with Gasteiger partial charge in [-0.1, -0.05) is 18.2 Å². The van der Waals surface area contributed by atoms with Gasteiger partial charge < -0.3 is 18.8 Å². The lowest BCUT2D eigenvalue weighted by Crippen LogP contribution is -2.21. The molecule has 182 valence electrons. The van der Waals surface area contributed by atoms with E-state index in [9.17, 15) is 9.59 Å². The van der Waals surface area contributed by atoms with Gasteiger partial charge in [0.05, 0.1) is 36.7 Å². The van der Waals surface area contributed by atoms with Crippen LogP contribution in [0.25, 0.3) is 5.69 Å². The van der Waals surface area contributed by atoms with Gasteiger partial charge in [0.15, 0.2) is 11.5 Å². The summed E-state index contributed by atoms with van der Waals surface area (Å²) in [5.74, 6) is 0.277. The molecule has 0 unspecified atom stereocenters. The topological polar surface area (TPSA) is 91.2 Å². The first-order valence-electron chi connectivity index (χ1n) is 11.1. The van der Waals surface area contributed by atoms with Gasteiger partial charge in [-0.05, 0) is 67.6 Å². The number of carbonyl (C=O) groups is 2. The van der Waals surface area contributed by atoms with Crippen LogP contribution in [0.2, 0.25) is 0 Å². The maximum atomic E-state index is 12.9. The van der Waals surface area contributed by atoms with Crippen molar-refractivity contribution in [2.75, 3.05) is 14.2 Å². The minimum Gasteiger partial charge on any atom is -0.497 e. The molecule has 0 aliphatic heterocycles. The highest BCUT2D eigenvalue weighted by atomic mass is 16.6. The Morgan fingerprint density at radius 3 is 2.33 bits per heavy atom. The summed E-state index contributed by atoms with van der Waals surface area (Å²) in [6.45, 7) is 1.76. The van der Waals surface area contributed by atoms with E-state index in [4.69, 9.17) is 14.2 Å². The van der Waals surface area contributed by atoms with E-state index in [1.54, 1.807) is 61.5 Å². The zero-order valence-corrected chi connectivity index (χ0v) is 20.1. The molecule has 36 heavy (non-hydrogen) atoms. The fourth-order valence-corrected chi connectivity index (χ4v) is 3.53. The fraction of sp³-hybridized carbons (Fsp3) is 0.107. The van der Waals surface area contributed by atoms with E-state index >= 15 is 0 Å². The van der Waals surface area contributed by atoms with Crippen LogP contribution in [-0.4, -0.2) is 36.4 Å². The second kappa shape index (κ2) is 11.1. The van der Waals surface area contributed by atoms with Crippen molar-refractivity contribution in [3.8, 4) is 22.9 Å². The SMILES string of the molecule is COc1cccc(C(=O)Oc2ccc(C(C)=NNC(=O)c3ccccc3-n3cccc3)cc2OC)c1. The van der Waals surface area contributed by atoms with Gasteiger partial charge in [-0.2, -0.15) is 5.10 Å². The third kappa shape index (κ3) is 5.44. The number of esters is 1. The van der Waals surface area contributed by atoms with Gasteiger partial charge in [0.25, 0.3) is 5.91 Å². The standard InChI is InChI=1S/C28H25N3O5/c1-19(29-30-27(32)23-11-4-5-12-24(23)31-15-6-7-16-31)20-13-14-25(26(18-20)35-3)36-28(33)21-9-8-10-22(17-21)34-2/h4-18H,1-3H3,(H,30,32). The maximum Gasteiger partial charge on any atom is 0.343 e. The Hall–Kier alpha value is -4.85. The lowest BCUT2D eigenvalue weighted by molar-refractivity contribution is 0.0729. The first-order chi connectivity index (χ1) is 17.5. The summed E-state index contributed by atoms with van der Waals surface area (Å²) in [5.41, 5.74) is 5.43. The molecule has 8 nitrogen and oxygen atoms in total. The second-order valence-corrected chi connectivity index (χ2v) is 7.73. The third-order valence-corrected chi connectivity index (χ3v) is 5.45. The molecule has 0 aliphatic rings.